The van der Waals surface area contributed by atoms with Gasteiger partial charge in [0.25, 0.3) is 5.91 Å². The smallest absolute Gasteiger partial charge is 0.255 e. The van der Waals surface area contributed by atoms with Crippen molar-refractivity contribution >= 4 is 23.2 Å². The summed E-state index contributed by atoms with van der Waals surface area (Å²) in [4.78, 5) is 24.5. The standard InChI is InChI=1S/C20H20N4O3/c1-14-11-16(22-20(26)15-5-3-6-17(12-15)27-2)7-8-18(14)23-19(25)13-24-10-4-9-21-24/h3-12H,13H2,1-2H3,(H,22,26)(H,23,25). The largest absolute Gasteiger partial charge is 0.497 e. The highest BCUT2D eigenvalue weighted by Crippen LogP contribution is 2.21. The first-order chi connectivity index (χ1) is 13.0. The highest BCUT2D eigenvalue weighted by Gasteiger charge is 2.10. The highest BCUT2D eigenvalue weighted by atomic mass is 16.5. The van der Waals surface area contributed by atoms with Gasteiger partial charge < -0.3 is 15.4 Å². The van der Waals surface area contributed by atoms with Gasteiger partial charge in [-0.25, -0.2) is 0 Å². The van der Waals surface area contributed by atoms with Gasteiger partial charge in [-0.15, -0.1) is 0 Å². The van der Waals surface area contributed by atoms with Gasteiger partial charge in [0.2, 0.25) is 5.91 Å². The lowest BCUT2D eigenvalue weighted by atomic mass is 10.1. The van der Waals surface area contributed by atoms with Crippen LogP contribution in [0, 0.1) is 6.92 Å². The summed E-state index contributed by atoms with van der Waals surface area (Å²) in [7, 11) is 1.56. The fourth-order valence-corrected chi connectivity index (χ4v) is 2.58. The van der Waals surface area contributed by atoms with Gasteiger partial charge in [-0.2, -0.15) is 5.10 Å². The zero-order chi connectivity index (χ0) is 19.2. The van der Waals surface area contributed by atoms with Crippen LogP contribution in [0.1, 0.15) is 15.9 Å². The van der Waals surface area contributed by atoms with Crippen LogP contribution in [0.25, 0.3) is 0 Å². The molecule has 138 valence electrons. The Morgan fingerprint density at radius 1 is 1.11 bits per heavy atom. The number of hydrogen-bond acceptors (Lipinski definition) is 4. The molecule has 0 atom stereocenters. The molecule has 0 unspecified atom stereocenters. The number of carbonyl (C=O) groups is 2. The molecule has 7 nitrogen and oxygen atoms in total. The average Bonchev–Trinajstić information content (AvgIpc) is 3.17. The van der Waals surface area contributed by atoms with Crippen LogP contribution < -0.4 is 15.4 Å². The van der Waals surface area contributed by atoms with Crippen LogP contribution in [0.2, 0.25) is 0 Å². The van der Waals surface area contributed by atoms with E-state index in [0.29, 0.717) is 22.7 Å². The number of aromatic nitrogens is 2. The fraction of sp³-hybridized carbons (Fsp3) is 0.150. The Labute approximate surface area is 157 Å². The second-order valence-electron chi connectivity index (χ2n) is 5.97. The summed E-state index contributed by atoms with van der Waals surface area (Å²) in [6.07, 6.45) is 3.35. The maximum Gasteiger partial charge on any atom is 0.255 e. The quantitative estimate of drug-likeness (QED) is 0.704. The van der Waals surface area contributed by atoms with E-state index in [-0.39, 0.29) is 18.4 Å². The lowest BCUT2D eigenvalue weighted by Crippen LogP contribution is -2.19. The van der Waals surface area contributed by atoms with Gasteiger partial charge >= 0.3 is 0 Å². The van der Waals surface area contributed by atoms with Crippen molar-refractivity contribution in [1.29, 1.82) is 0 Å². The molecule has 2 aromatic carbocycles. The van der Waals surface area contributed by atoms with E-state index < -0.39 is 0 Å². The number of amides is 2. The van der Waals surface area contributed by atoms with Gasteiger partial charge in [0, 0.05) is 29.3 Å². The van der Waals surface area contributed by atoms with E-state index in [1.165, 1.54) is 0 Å². The Hall–Kier alpha value is -3.61. The SMILES string of the molecule is COc1cccc(C(=O)Nc2ccc(NC(=O)Cn3cccn3)c(C)c2)c1. The number of ether oxygens (including phenoxy) is 1. The summed E-state index contributed by atoms with van der Waals surface area (Å²) in [6.45, 7) is 2.01. The number of aryl methyl sites for hydroxylation is 1. The van der Waals surface area contributed by atoms with Crippen LogP contribution in [0.15, 0.2) is 60.9 Å². The van der Waals surface area contributed by atoms with Gasteiger partial charge in [-0.3, -0.25) is 14.3 Å². The van der Waals surface area contributed by atoms with Gasteiger partial charge in [0.1, 0.15) is 12.3 Å². The molecule has 0 fully saturated rings. The molecular formula is C20H20N4O3. The normalized spacial score (nSPS) is 10.3. The van der Waals surface area contributed by atoms with Crippen LogP contribution in [0.4, 0.5) is 11.4 Å². The second kappa shape index (κ2) is 8.18. The molecule has 0 bridgehead atoms. The van der Waals surface area contributed by atoms with Gasteiger partial charge in [0.05, 0.1) is 7.11 Å². The van der Waals surface area contributed by atoms with Crippen LogP contribution in [-0.2, 0) is 11.3 Å². The Morgan fingerprint density at radius 3 is 2.67 bits per heavy atom. The van der Waals surface area contributed by atoms with Crippen molar-refractivity contribution in [2.75, 3.05) is 17.7 Å². The van der Waals surface area contributed by atoms with Crippen molar-refractivity contribution in [1.82, 2.24) is 9.78 Å². The minimum absolute atomic E-state index is 0.140. The van der Waals surface area contributed by atoms with E-state index >= 15 is 0 Å². The van der Waals surface area contributed by atoms with Crippen LogP contribution in [0.5, 0.6) is 5.75 Å². The number of nitrogens with one attached hydrogen (secondary N) is 2. The van der Waals surface area contributed by atoms with E-state index in [1.807, 2.05) is 13.0 Å². The lowest BCUT2D eigenvalue weighted by Gasteiger charge is -2.12. The van der Waals surface area contributed by atoms with Crippen LogP contribution in [-0.4, -0.2) is 28.7 Å². The van der Waals surface area contributed by atoms with Crippen LogP contribution in [0.3, 0.4) is 0 Å². The monoisotopic (exact) mass is 364 g/mol. The maximum atomic E-state index is 12.4. The molecule has 0 spiro atoms. The molecule has 1 heterocycles. The third-order valence-electron chi connectivity index (χ3n) is 3.96. The van der Waals surface area contributed by atoms with Crippen molar-refractivity contribution in [3.63, 3.8) is 0 Å². The summed E-state index contributed by atoms with van der Waals surface area (Å²) < 4.78 is 6.69. The molecular weight excluding hydrogens is 344 g/mol. The van der Waals surface area contributed by atoms with Crippen molar-refractivity contribution in [3.05, 3.63) is 72.1 Å². The fourth-order valence-electron chi connectivity index (χ4n) is 2.58. The number of benzene rings is 2. The predicted octanol–water partition coefficient (Wildman–Crippen LogP) is 3.09. The third-order valence-corrected chi connectivity index (χ3v) is 3.96. The molecule has 0 saturated carbocycles. The molecule has 2 amide bonds. The first kappa shape index (κ1) is 18.2. The Morgan fingerprint density at radius 2 is 1.96 bits per heavy atom. The number of methoxy groups -OCH3 is 1. The summed E-state index contributed by atoms with van der Waals surface area (Å²) in [5.41, 5.74) is 2.67. The zero-order valence-electron chi connectivity index (χ0n) is 15.1. The number of carbonyl (C=O) groups excluding carboxylic acids is 2. The average molecular weight is 364 g/mol. The molecule has 3 rings (SSSR count). The predicted molar refractivity (Wildman–Crippen MR) is 103 cm³/mol. The molecule has 1 aromatic heterocycles. The van der Waals surface area contributed by atoms with E-state index in [4.69, 9.17) is 4.74 Å². The minimum atomic E-state index is -0.233. The number of anilines is 2. The molecule has 7 heteroatoms. The molecule has 0 saturated heterocycles. The van der Waals surface area contributed by atoms with Crippen molar-refractivity contribution in [2.24, 2.45) is 0 Å². The summed E-state index contributed by atoms with van der Waals surface area (Å²) in [6, 6.07) is 14.0. The van der Waals surface area contributed by atoms with Crippen LogP contribution >= 0.6 is 0 Å². The van der Waals surface area contributed by atoms with Gasteiger partial charge in [0.15, 0.2) is 0 Å². The van der Waals surface area contributed by atoms with Crippen molar-refractivity contribution < 1.29 is 14.3 Å². The molecule has 0 aliphatic carbocycles. The van der Waals surface area contributed by atoms with Gasteiger partial charge in [-0.05, 0) is 55.0 Å². The maximum absolute atomic E-state index is 12.4. The Bertz CT molecular complexity index is 952. The Balaban J connectivity index is 1.65. The van der Waals surface area contributed by atoms with E-state index in [9.17, 15) is 9.59 Å². The summed E-state index contributed by atoms with van der Waals surface area (Å²) in [5, 5.41) is 9.70. The third kappa shape index (κ3) is 4.72. The Kier molecular flexibility index (Phi) is 5.51. The number of rotatable bonds is 6. The topological polar surface area (TPSA) is 85.3 Å². The molecule has 0 aliphatic heterocycles. The van der Waals surface area contributed by atoms with Crippen molar-refractivity contribution in [3.8, 4) is 5.75 Å². The first-order valence-electron chi connectivity index (χ1n) is 8.38. The second-order valence-corrected chi connectivity index (χ2v) is 5.97. The lowest BCUT2D eigenvalue weighted by molar-refractivity contribution is -0.116. The zero-order valence-corrected chi connectivity index (χ0v) is 15.1. The molecule has 27 heavy (non-hydrogen) atoms. The molecule has 2 N–H and O–H groups in total. The van der Waals surface area contributed by atoms with Gasteiger partial charge in [-0.1, -0.05) is 6.07 Å². The van der Waals surface area contributed by atoms with E-state index in [1.54, 1.807) is 66.6 Å². The molecule has 3 aromatic rings. The highest BCUT2D eigenvalue weighted by molar-refractivity contribution is 6.04. The number of hydrogen-bond donors (Lipinski definition) is 2. The summed E-state index contributed by atoms with van der Waals surface area (Å²) >= 11 is 0. The summed E-state index contributed by atoms with van der Waals surface area (Å²) in [5.74, 6) is 0.216. The van der Waals surface area contributed by atoms with E-state index in [2.05, 4.69) is 15.7 Å². The number of nitrogens with zero attached hydrogens (tertiary/aromatic N) is 2. The van der Waals surface area contributed by atoms with E-state index in [0.717, 1.165) is 5.56 Å². The van der Waals surface area contributed by atoms with Crippen molar-refractivity contribution in [2.45, 2.75) is 13.5 Å². The molecule has 0 aliphatic rings. The molecule has 0 radical (unpaired) electrons. The minimum Gasteiger partial charge on any atom is -0.497 e. The first-order valence-corrected chi connectivity index (χ1v) is 8.38.